The SMILES string of the molecule is C=Cc1ccc(NC(=C)C(NC2CC2)c2ccccc2)cc1. The van der Waals surface area contributed by atoms with E-state index in [0.717, 1.165) is 16.9 Å². The lowest BCUT2D eigenvalue weighted by Gasteiger charge is -2.23. The first kappa shape index (κ1) is 14.6. The highest BCUT2D eigenvalue weighted by Crippen LogP contribution is 2.28. The standard InChI is InChI=1S/C20H22N2/c1-3-16-9-11-18(12-10-16)21-15(2)20(22-19-13-14-19)17-7-5-4-6-8-17/h3-12,19-22H,1-2,13-14H2. The van der Waals surface area contributed by atoms with E-state index >= 15 is 0 Å². The maximum atomic E-state index is 4.26. The average Bonchev–Trinajstić information content (AvgIpc) is 3.38. The fraction of sp³-hybridized carbons (Fsp3) is 0.200. The Morgan fingerprint density at radius 1 is 1.05 bits per heavy atom. The topological polar surface area (TPSA) is 24.1 Å². The summed E-state index contributed by atoms with van der Waals surface area (Å²) in [6.07, 6.45) is 4.36. The molecule has 2 N–H and O–H groups in total. The smallest absolute Gasteiger partial charge is 0.0725 e. The number of hydrogen-bond acceptors (Lipinski definition) is 2. The first-order valence-electron chi connectivity index (χ1n) is 7.75. The second-order valence-corrected chi connectivity index (χ2v) is 5.76. The summed E-state index contributed by atoms with van der Waals surface area (Å²) in [5.41, 5.74) is 4.39. The lowest BCUT2D eigenvalue weighted by Crippen LogP contribution is -2.27. The van der Waals surface area contributed by atoms with Crippen LogP contribution in [0.2, 0.25) is 0 Å². The van der Waals surface area contributed by atoms with Gasteiger partial charge in [0.25, 0.3) is 0 Å². The van der Waals surface area contributed by atoms with E-state index < -0.39 is 0 Å². The van der Waals surface area contributed by atoms with E-state index in [-0.39, 0.29) is 6.04 Å². The predicted molar refractivity (Wildman–Crippen MR) is 94.6 cm³/mol. The van der Waals surface area contributed by atoms with Crippen molar-refractivity contribution in [3.8, 4) is 0 Å². The quantitative estimate of drug-likeness (QED) is 0.769. The largest absolute Gasteiger partial charge is 0.358 e. The van der Waals surface area contributed by atoms with E-state index in [1.165, 1.54) is 18.4 Å². The van der Waals surface area contributed by atoms with Gasteiger partial charge in [0.05, 0.1) is 6.04 Å². The summed E-state index contributed by atoms with van der Waals surface area (Å²) in [5, 5.41) is 7.11. The molecule has 2 aromatic rings. The normalized spacial score (nSPS) is 15.1. The van der Waals surface area contributed by atoms with E-state index in [1.54, 1.807) is 0 Å². The lowest BCUT2D eigenvalue weighted by molar-refractivity contribution is 0.595. The Morgan fingerprint density at radius 2 is 1.73 bits per heavy atom. The van der Waals surface area contributed by atoms with Gasteiger partial charge in [-0.25, -0.2) is 0 Å². The molecule has 22 heavy (non-hydrogen) atoms. The Hall–Kier alpha value is -2.32. The molecule has 0 aromatic heterocycles. The van der Waals surface area contributed by atoms with Crippen molar-refractivity contribution < 1.29 is 0 Å². The van der Waals surface area contributed by atoms with E-state index in [0.29, 0.717) is 6.04 Å². The highest BCUT2D eigenvalue weighted by Gasteiger charge is 2.26. The van der Waals surface area contributed by atoms with Crippen molar-refractivity contribution in [1.82, 2.24) is 5.32 Å². The third-order valence-electron chi connectivity index (χ3n) is 3.91. The van der Waals surface area contributed by atoms with Gasteiger partial charge in [-0.1, -0.05) is 61.7 Å². The van der Waals surface area contributed by atoms with Crippen molar-refractivity contribution >= 4 is 11.8 Å². The molecule has 1 fully saturated rings. The van der Waals surface area contributed by atoms with Crippen molar-refractivity contribution in [2.24, 2.45) is 0 Å². The van der Waals surface area contributed by atoms with Crippen LogP contribution in [-0.2, 0) is 0 Å². The molecule has 0 heterocycles. The molecule has 112 valence electrons. The number of anilines is 1. The van der Waals surface area contributed by atoms with Gasteiger partial charge < -0.3 is 10.6 Å². The molecule has 1 aliphatic carbocycles. The fourth-order valence-electron chi connectivity index (χ4n) is 2.49. The first-order valence-corrected chi connectivity index (χ1v) is 7.75. The van der Waals surface area contributed by atoms with Crippen LogP contribution in [0.3, 0.4) is 0 Å². The molecule has 1 unspecified atom stereocenters. The Labute approximate surface area is 132 Å². The Balaban J connectivity index is 1.74. The Bertz CT molecular complexity index is 639. The van der Waals surface area contributed by atoms with Crippen molar-refractivity contribution in [2.45, 2.75) is 24.9 Å². The summed E-state index contributed by atoms with van der Waals surface area (Å²) in [6.45, 7) is 8.04. The summed E-state index contributed by atoms with van der Waals surface area (Å²) < 4.78 is 0. The van der Waals surface area contributed by atoms with Gasteiger partial charge >= 0.3 is 0 Å². The molecule has 0 amide bonds. The van der Waals surface area contributed by atoms with Crippen LogP contribution in [0, 0.1) is 0 Å². The Morgan fingerprint density at radius 3 is 2.32 bits per heavy atom. The van der Waals surface area contributed by atoms with Gasteiger partial charge in [-0.3, -0.25) is 0 Å². The van der Waals surface area contributed by atoms with Gasteiger partial charge in [-0.15, -0.1) is 0 Å². The molecule has 3 rings (SSSR count). The van der Waals surface area contributed by atoms with Gasteiger partial charge in [-0.05, 0) is 36.1 Å². The van der Waals surface area contributed by atoms with Crippen molar-refractivity contribution in [2.75, 3.05) is 5.32 Å². The number of benzene rings is 2. The maximum absolute atomic E-state index is 4.26. The minimum absolute atomic E-state index is 0.132. The highest BCUT2D eigenvalue weighted by atomic mass is 15.0. The number of rotatable bonds is 7. The molecule has 1 atom stereocenters. The third-order valence-corrected chi connectivity index (χ3v) is 3.91. The number of hydrogen-bond donors (Lipinski definition) is 2. The van der Waals surface area contributed by atoms with Crippen LogP contribution >= 0.6 is 0 Å². The van der Waals surface area contributed by atoms with Crippen molar-refractivity contribution in [3.05, 3.63) is 84.6 Å². The zero-order chi connectivity index (χ0) is 15.4. The minimum atomic E-state index is 0.132. The summed E-state index contributed by atoms with van der Waals surface area (Å²) >= 11 is 0. The summed E-state index contributed by atoms with van der Waals surface area (Å²) in [6, 6.07) is 19.4. The van der Waals surface area contributed by atoms with Crippen molar-refractivity contribution in [1.29, 1.82) is 0 Å². The van der Waals surface area contributed by atoms with Crippen molar-refractivity contribution in [3.63, 3.8) is 0 Å². The van der Waals surface area contributed by atoms with E-state index in [2.05, 4.69) is 72.3 Å². The summed E-state index contributed by atoms with van der Waals surface area (Å²) in [7, 11) is 0. The first-order chi connectivity index (χ1) is 10.8. The molecule has 0 aliphatic heterocycles. The zero-order valence-electron chi connectivity index (χ0n) is 12.8. The van der Waals surface area contributed by atoms with Gasteiger partial charge in [0.2, 0.25) is 0 Å². The van der Waals surface area contributed by atoms with Crippen LogP contribution in [0.1, 0.15) is 30.0 Å². The van der Waals surface area contributed by atoms with E-state index in [4.69, 9.17) is 0 Å². The molecule has 2 aromatic carbocycles. The van der Waals surface area contributed by atoms with E-state index in [1.807, 2.05) is 12.1 Å². The van der Waals surface area contributed by atoms with Crippen LogP contribution in [0.5, 0.6) is 0 Å². The Kier molecular flexibility index (Phi) is 4.40. The molecule has 2 nitrogen and oxygen atoms in total. The van der Waals surface area contributed by atoms with E-state index in [9.17, 15) is 0 Å². The number of nitrogens with one attached hydrogen (secondary N) is 2. The zero-order valence-corrected chi connectivity index (χ0v) is 12.8. The summed E-state index contributed by atoms with van der Waals surface area (Å²) in [5.74, 6) is 0. The lowest BCUT2D eigenvalue weighted by atomic mass is 10.0. The highest BCUT2D eigenvalue weighted by molar-refractivity contribution is 5.56. The minimum Gasteiger partial charge on any atom is -0.358 e. The third kappa shape index (κ3) is 3.66. The van der Waals surface area contributed by atoms with Crippen LogP contribution in [0.4, 0.5) is 5.69 Å². The molecule has 0 spiro atoms. The fourth-order valence-corrected chi connectivity index (χ4v) is 2.49. The van der Waals surface area contributed by atoms with Gasteiger partial charge in [0, 0.05) is 17.4 Å². The second kappa shape index (κ2) is 6.63. The van der Waals surface area contributed by atoms with Gasteiger partial charge in [0.1, 0.15) is 0 Å². The molecular formula is C20H22N2. The average molecular weight is 290 g/mol. The van der Waals surface area contributed by atoms with Crippen LogP contribution in [0.15, 0.2) is 73.5 Å². The maximum Gasteiger partial charge on any atom is 0.0725 e. The molecule has 1 aliphatic rings. The molecule has 2 heteroatoms. The molecule has 1 saturated carbocycles. The molecule has 0 radical (unpaired) electrons. The van der Waals surface area contributed by atoms with Gasteiger partial charge in [-0.2, -0.15) is 0 Å². The molecule has 0 saturated heterocycles. The van der Waals surface area contributed by atoms with Gasteiger partial charge in [0.15, 0.2) is 0 Å². The van der Waals surface area contributed by atoms with Crippen LogP contribution < -0.4 is 10.6 Å². The molecule has 0 bridgehead atoms. The summed E-state index contributed by atoms with van der Waals surface area (Å²) in [4.78, 5) is 0. The second-order valence-electron chi connectivity index (χ2n) is 5.76. The van der Waals surface area contributed by atoms with Crippen LogP contribution in [-0.4, -0.2) is 6.04 Å². The monoisotopic (exact) mass is 290 g/mol. The predicted octanol–water partition coefficient (Wildman–Crippen LogP) is 4.75. The van der Waals surface area contributed by atoms with Crippen LogP contribution in [0.25, 0.3) is 6.08 Å². The molecular weight excluding hydrogens is 268 g/mol.